The summed E-state index contributed by atoms with van der Waals surface area (Å²) in [7, 11) is 0. The first-order valence-corrected chi connectivity index (χ1v) is 6.69. The molecular formula is C15H22N2. The summed E-state index contributed by atoms with van der Waals surface area (Å²) in [5.41, 5.74) is 1.95. The summed E-state index contributed by atoms with van der Waals surface area (Å²) in [5, 5.41) is 3.54. The number of fused-ring (bicyclic) bond motifs is 1. The molecule has 2 fully saturated rings. The minimum atomic E-state index is 0.503. The molecule has 1 aromatic carbocycles. The zero-order valence-electron chi connectivity index (χ0n) is 10.8. The van der Waals surface area contributed by atoms with Gasteiger partial charge in [-0.2, -0.15) is 0 Å². The Morgan fingerprint density at radius 2 is 2.12 bits per heavy atom. The van der Waals surface area contributed by atoms with Crippen LogP contribution in [0.1, 0.15) is 25.5 Å². The van der Waals surface area contributed by atoms with Crippen LogP contribution < -0.4 is 5.32 Å². The van der Waals surface area contributed by atoms with Gasteiger partial charge in [-0.1, -0.05) is 37.3 Å². The Labute approximate surface area is 104 Å². The predicted octanol–water partition coefficient (Wildman–Crippen LogP) is 2.29. The Kier molecular flexibility index (Phi) is 2.72. The van der Waals surface area contributed by atoms with Crippen molar-refractivity contribution in [3.8, 4) is 0 Å². The van der Waals surface area contributed by atoms with E-state index in [0.717, 1.165) is 5.92 Å². The van der Waals surface area contributed by atoms with Gasteiger partial charge in [0.2, 0.25) is 0 Å². The minimum Gasteiger partial charge on any atom is -0.316 e. The Balaban J connectivity index is 1.75. The normalized spacial score (nSPS) is 34.8. The molecule has 2 heteroatoms. The molecule has 0 amide bonds. The van der Waals surface area contributed by atoms with Gasteiger partial charge in [0.1, 0.15) is 0 Å². The second-order valence-corrected chi connectivity index (χ2v) is 6.00. The lowest BCUT2D eigenvalue weighted by atomic mass is 9.83. The molecule has 1 N–H and O–H groups in total. The van der Waals surface area contributed by atoms with Crippen LogP contribution in [0.4, 0.5) is 0 Å². The van der Waals surface area contributed by atoms with E-state index in [9.17, 15) is 0 Å². The summed E-state index contributed by atoms with van der Waals surface area (Å²) in [4.78, 5) is 2.65. The van der Waals surface area contributed by atoms with Crippen LogP contribution in [0.3, 0.4) is 0 Å². The molecule has 2 unspecified atom stereocenters. The Hall–Kier alpha value is -0.860. The maximum atomic E-state index is 3.54. The molecule has 2 aliphatic rings. The van der Waals surface area contributed by atoms with Crippen LogP contribution in [0.15, 0.2) is 30.3 Å². The third-order valence-electron chi connectivity index (χ3n) is 4.75. The van der Waals surface area contributed by atoms with Gasteiger partial charge in [-0.25, -0.2) is 0 Å². The zero-order chi connectivity index (χ0) is 11.9. The summed E-state index contributed by atoms with van der Waals surface area (Å²) in [5.74, 6) is 0.841. The Morgan fingerprint density at radius 1 is 1.35 bits per heavy atom. The summed E-state index contributed by atoms with van der Waals surface area (Å²) in [6.45, 7) is 9.66. The lowest BCUT2D eigenvalue weighted by molar-refractivity contribution is 0.225. The second-order valence-electron chi connectivity index (χ2n) is 6.00. The molecule has 2 saturated heterocycles. The van der Waals surface area contributed by atoms with Gasteiger partial charge < -0.3 is 5.32 Å². The molecule has 0 saturated carbocycles. The molecule has 2 nitrogen and oxygen atoms in total. The highest BCUT2D eigenvalue weighted by molar-refractivity contribution is 5.19. The number of benzene rings is 1. The number of likely N-dealkylation sites (tertiary alicyclic amines) is 1. The smallest absolute Gasteiger partial charge is 0.0320 e. The van der Waals surface area contributed by atoms with Gasteiger partial charge in [0.05, 0.1) is 0 Å². The standard InChI is InChI=1S/C15H22N2/c1-12(13-6-4-3-5-7-13)17-9-14-8-16-10-15(14,2)11-17/h3-7,12,14,16H,8-11H2,1-2H3/t12-,14?,15?/m1/s1. The van der Waals surface area contributed by atoms with Gasteiger partial charge in [-0.15, -0.1) is 0 Å². The Bertz CT molecular complexity index is 389. The minimum absolute atomic E-state index is 0.503. The van der Waals surface area contributed by atoms with Crippen molar-refractivity contribution in [3.63, 3.8) is 0 Å². The SMILES string of the molecule is C[C@H](c1ccccc1)N1CC2CNCC2(C)C1. The fourth-order valence-electron chi connectivity index (χ4n) is 3.44. The number of nitrogens with one attached hydrogen (secondary N) is 1. The Morgan fingerprint density at radius 3 is 2.82 bits per heavy atom. The van der Waals surface area contributed by atoms with E-state index in [1.54, 1.807) is 0 Å². The molecule has 2 aliphatic heterocycles. The fraction of sp³-hybridized carbons (Fsp3) is 0.600. The van der Waals surface area contributed by atoms with E-state index in [4.69, 9.17) is 0 Å². The molecule has 2 heterocycles. The molecule has 0 bridgehead atoms. The summed E-state index contributed by atoms with van der Waals surface area (Å²) in [6, 6.07) is 11.4. The van der Waals surface area contributed by atoms with Crippen LogP contribution in [0.2, 0.25) is 0 Å². The lowest BCUT2D eigenvalue weighted by Crippen LogP contribution is -2.31. The highest BCUT2D eigenvalue weighted by Gasteiger charge is 2.46. The number of nitrogens with zero attached hydrogens (tertiary/aromatic N) is 1. The zero-order valence-corrected chi connectivity index (χ0v) is 10.8. The molecule has 0 radical (unpaired) electrons. The molecule has 0 spiro atoms. The molecular weight excluding hydrogens is 208 g/mol. The molecule has 0 aliphatic carbocycles. The van der Waals surface area contributed by atoms with Gasteiger partial charge in [0.25, 0.3) is 0 Å². The molecule has 1 aromatic rings. The van der Waals surface area contributed by atoms with Gasteiger partial charge in [0, 0.05) is 25.7 Å². The third-order valence-corrected chi connectivity index (χ3v) is 4.75. The van der Waals surface area contributed by atoms with Gasteiger partial charge in [0.15, 0.2) is 0 Å². The molecule has 92 valence electrons. The van der Waals surface area contributed by atoms with Crippen LogP contribution in [0, 0.1) is 11.3 Å². The third kappa shape index (κ3) is 1.90. The van der Waals surface area contributed by atoms with E-state index in [2.05, 4.69) is 54.4 Å². The number of hydrogen-bond acceptors (Lipinski definition) is 2. The van der Waals surface area contributed by atoms with Crippen molar-refractivity contribution in [2.75, 3.05) is 26.2 Å². The van der Waals surface area contributed by atoms with Crippen LogP contribution in [0.25, 0.3) is 0 Å². The van der Waals surface area contributed by atoms with Gasteiger partial charge in [-0.05, 0) is 30.4 Å². The quantitative estimate of drug-likeness (QED) is 0.838. The summed E-state index contributed by atoms with van der Waals surface area (Å²) < 4.78 is 0. The fourth-order valence-corrected chi connectivity index (χ4v) is 3.44. The van der Waals surface area contributed by atoms with Crippen molar-refractivity contribution in [1.29, 1.82) is 0 Å². The van der Waals surface area contributed by atoms with Crippen LogP contribution >= 0.6 is 0 Å². The molecule has 3 rings (SSSR count). The van der Waals surface area contributed by atoms with Gasteiger partial charge in [-0.3, -0.25) is 4.90 Å². The second kappa shape index (κ2) is 4.11. The predicted molar refractivity (Wildman–Crippen MR) is 70.9 cm³/mol. The number of rotatable bonds is 2. The molecule has 3 atom stereocenters. The summed E-state index contributed by atoms with van der Waals surface area (Å²) >= 11 is 0. The first-order chi connectivity index (χ1) is 8.19. The van der Waals surface area contributed by atoms with Crippen LogP contribution in [-0.4, -0.2) is 31.1 Å². The van der Waals surface area contributed by atoms with E-state index in [-0.39, 0.29) is 0 Å². The van der Waals surface area contributed by atoms with E-state index in [1.165, 1.54) is 31.7 Å². The van der Waals surface area contributed by atoms with Crippen molar-refractivity contribution >= 4 is 0 Å². The largest absolute Gasteiger partial charge is 0.316 e. The van der Waals surface area contributed by atoms with E-state index in [1.807, 2.05) is 0 Å². The topological polar surface area (TPSA) is 15.3 Å². The van der Waals surface area contributed by atoms with Crippen LogP contribution in [-0.2, 0) is 0 Å². The molecule has 0 aromatic heterocycles. The highest BCUT2D eigenvalue weighted by Crippen LogP contribution is 2.41. The lowest BCUT2D eigenvalue weighted by Gasteiger charge is -2.27. The monoisotopic (exact) mass is 230 g/mol. The number of hydrogen-bond donors (Lipinski definition) is 1. The van der Waals surface area contributed by atoms with Crippen molar-refractivity contribution in [2.24, 2.45) is 11.3 Å². The van der Waals surface area contributed by atoms with Gasteiger partial charge >= 0.3 is 0 Å². The van der Waals surface area contributed by atoms with Crippen molar-refractivity contribution in [1.82, 2.24) is 10.2 Å². The average Bonchev–Trinajstić information content (AvgIpc) is 2.84. The first-order valence-electron chi connectivity index (χ1n) is 6.69. The van der Waals surface area contributed by atoms with E-state index < -0.39 is 0 Å². The summed E-state index contributed by atoms with van der Waals surface area (Å²) in [6.07, 6.45) is 0. The van der Waals surface area contributed by atoms with E-state index in [0.29, 0.717) is 11.5 Å². The van der Waals surface area contributed by atoms with E-state index >= 15 is 0 Å². The van der Waals surface area contributed by atoms with Crippen molar-refractivity contribution in [2.45, 2.75) is 19.9 Å². The first kappa shape index (κ1) is 11.2. The van der Waals surface area contributed by atoms with Crippen molar-refractivity contribution < 1.29 is 0 Å². The molecule has 17 heavy (non-hydrogen) atoms. The van der Waals surface area contributed by atoms with Crippen molar-refractivity contribution in [3.05, 3.63) is 35.9 Å². The maximum Gasteiger partial charge on any atom is 0.0320 e. The maximum absolute atomic E-state index is 3.54. The average molecular weight is 230 g/mol. The van der Waals surface area contributed by atoms with Crippen LogP contribution in [0.5, 0.6) is 0 Å². The highest BCUT2D eigenvalue weighted by atomic mass is 15.2.